The highest BCUT2D eigenvalue weighted by Crippen LogP contribution is 2.34. The number of nitrogens with two attached hydrogens (primary N) is 1. The number of hydrogen-bond donors (Lipinski definition) is 1. The van der Waals surface area contributed by atoms with Gasteiger partial charge in [0.2, 0.25) is 0 Å². The summed E-state index contributed by atoms with van der Waals surface area (Å²) < 4.78 is 5.29. The van der Waals surface area contributed by atoms with Gasteiger partial charge >= 0.3 is 5.88 Å². The van der Waals surface area contributed by atoms with E-state index in [0.29, 0.717) is 11.7 Å². The molecule has 6 nitrogen and oxygen atoms in total. The van der Waals surface area contributed by atoms with Gasteiger partial charge in [0.25, 0.3) is 0 Å². The maximum atomic E-state index is 10.6. The van der Waals surface area contributed by atoms with Crippen molar-refractivity contribution in [2.75, 3.05) is 13.1 Å². The van der Waals surface area contributed by atoms with E-state index in [1.54, 1.807) is 6.07 Å². The average Bonchev–Trinajstić information content (AvgIpc) is 2.85. The number of furan rings is 1. The van der Waals surface area contributed by atoms with E-state index < -0.39 is 4.92 Å². The summed E-state index contributed by atoms with van der Waals surface area (Å²) in [7, 11) is 0. The lowest BCUT2D eigenvalue weighted by Gasteiger charge is -2.26. The monoisotopic (exact) mass is 253 g/mol. The molecule has 0 saturated carbocycles. The van der Waals surface area contributed by atoms with E-state index in [1.165, 1.54) is 6.07 Å². The number of hydrogen-bond acceptors (Lipinski definition) is 5. The molecule has 0 amide bonds. The van der Waals surface area contributed by atoms with Crippen molar-refractivity contribution in [1.82, 2.24) is 4.90 Å². The number of likely N-dealkylation sites (tertiary alicyclic amines) is 1. The molecule has 0 aromatic carbocycles. The van der Waals surface area contributed by atoms with Crippen molar-refractivity contribution in [2.45, 2.75) is 32.4 Å². The highest BCUT2D eigenvalue weighted by Gasteiger charge is 2.36. The average molecular weight is 253 g/mol. The lowest BCUT2D eigenvalue weighted by molar-refractivity contribution is -0.402. The predicted molar refractivity (Wildman–Crippen MR) is 67.1 cm³/mol. The summed E-state index contributed by atoms with van der Waals surface area (Å²) in [5.74, 6) is 0.920. The molecule has 0 aliphatic carbocycles. The summed E-state index contributed by atoms with van der Waals surface area (Å²) in [5, 5.41) is 10.6. The van der Waals surface area contributed by atoms with Crippen LogP contribution in [0.15, 0.2) is 16.5 Å². The van der Waals surface area contributed by atoms with Gasteiger partial charge in [-0.15, -0.1) is 0 Å². The minimum atomic E-state index is -0.517. The first-order valence-electron chi connectivity index (χ1n) is 6.22. The van der Waals surface area contributed by atoms with E-state index in [2.05, 4.69) is 18.7 Å². The van der Waals surface area contributed by atoms with Gasteiger partial charge in [-0.3, -0.25) is 15.0 Å². The van der Waals surface area contributed by atoms with Crippen LogP contribution in [0.5, 0.6) is 0 Å². The third-order valence-electron chi connectivity index (χ3n) is 3.23. The standard InChI is InChI=1S/C12H19N3O3/c1-8(2)7-14-6-5-9(13)12(14)10-3-4-11(18-10)15(16)17/h3-4,8-9,12H,5-7,13H2,1-2H3. The minimum Gasteiger partial charge on any atom is -0.404 e. The molecule has 1 aromatic rings. The fourth-order valence-corrected chi connectivity index (χ4v) is 2.55. The second-order valence-electron chi connectivity index (χ2n) is 5.22. The van der Waals surface area contributed by atoms with Crippen LogP contribution in [0.1, 0.15) is 32.1 Å². The molecule has 18 heavy (non-hydrogen) atoms. The van der Waals surface area contributed by atoms with Crippen LogP contribution in [0.4, 0.5) is 5.88 Å². The molecule has 2 N–H and O–H groups in total. The lowest BCUT2D eigenvalue weighted by atomic mass is 10.1. The van der Waals surface area contributed by atoms with Gasteiger partial charge in [0.1, 0.15) is 10.7 Å². The largest absolute Gasteiger partial charge is 0.433 e. The Morgan fingerprint density at radius 1 is 1.61 bits per heavy atom. The van der Waals surface area contributed by atoms with Crippen molar-refractivity contribution in [3.63, 3.8) is 0 Å². The normalized spacial score (nSPS) is 24.9. The van der Waals surface area contributed by atoms with Gasteiger partial charge in [-0.1, -0.05) is 13.8 Å². The summed E-state index contributed by atoms with van der Waals surface area (Å²) in [5.41, 5.74) is 6.09. The van der Waals surface area contributed by atoms with Crippen molar-refractivity contribution in [3.8, 4) is 0 Å². The Morgan fingerprint density at radius 2 is 2.33 bits per heavy atom. The summed E-state index contributed by atoms with van der Waals surface area (Å²) in [6.07, 6.45) is 0.895. The van der Waals surface area contributed by atoms with Gasteiger partial charge in [-0.2, -0.15) is 0 Å². The highest BCUT2D eigenvalue weighted by molar-refractivity contribution is 5.21. The molecule has 2 unspecified atom stereocenters. The van der Waals surface area contributed by atoms with Gasteiger partial charge in [-0.25, -0.2) is 0 Å². The summed E-state index contributed by atoms with van der Waals surface area (Å²) in [6, 6.07) is 3.01. The highest BCUT2D eigenvalue weighted by atomic mass is 16.6. The third kappa shape index (κ3) is 2.54. The van der Waals surface area contributed by atoms with Crippen molar-refractivity contribution in [3.05, 3.63) is 28.0 Å². The van der Waals surface area contributed by atoms with Crippen LogP contribution in [0.3, 0.4) is 0 Å². The molecule has 0 spiro atoms. The van der Waals surface area contributed by atoms with Gasteiger partial charge in [0, 0.05) is 19.1 Å². The Kier molecular flexibility index (Phi) is 3.68. The molecule has 0 radical (unpaired) electrons. The van der Waals surface area contributed by atoms with Gasteiger partial charge in [0.05, 0.1) is 12.1 Å². The molecule has 1 aliphatic rings. The zero-order valence-corrected chi connectivity index (χ0v) is 10.7. The van der Waals surface area contributed by atoms with Crippen LogP contribution >= 0.6 is 0 Å². The zero-order chi connectivity index (χ0) is 13.3. The summed E-state index contributed by atoms with van der Waals surface area (Å²) in [6.45, 7) is 6.13. The Balaban J connectivity index is 2.19. The maximum Gasteiger partial charge on any atom is 0.433 e. The second kappa shape index (κ2) is 5.07. The van der Waals surface area contributed by atoms with Crippen LogP contribution < -0.4 is 5.73 Å². The van der Waals surface area contributed by atoms with Crippen molar-refractivity contribution in [2.24, 2.45) is 11.7 Å². The first kappa shape index (κ1) is 13.0. The first-order valence-corrected chi connectivity index (χ1v) is 6.22. The summed E-state index contributed by atoms with van der Waals surface area (Å²) >= 11 is 0. The van der Waals surface area contributed by atoms with E-state index in [1.807, 2.05) is 0 Å². The van der Waals surface area contributed by atoms with E-state index >= 15 is 0 Å². The van der Waals surface area contributed by atoms with Gasteiger partial charge < -0.3 is 10.2 Å². The quantitative estimate of drug-likeness (QED) is 0.654. The smallest absolute Gasteiger partial charge is 0.404 e. The first-order chi connectivity index (χ1) is 8.49. The Morgan fingerprint density at radius 3 is 2.89 bits per heavy atom. The molecule has 1 aromatic heterocycles. The van der Waals surface area contributed by atoms with E-state index in [0.717, 1.165) is 19.5 Å². The number of nitro groups is 1. The molecule has 2 rings (SSSR count). The van der Waals surface area contributed by atoms with Crippen LogP contribution in [-0.2, 0) is 0 Å². The van der Waals surface area contributed by atoms with E-state index in [-0.39, 0.29) is 18.0 Å². The van der Waals surface area contributed by atoms with Crippen molar-refractivity contribution in [1.29, 1.82) is 0 Å². The molecular weight excluding hydrogens is 234 g/mol. The molecule has 1 aliphatic heterocycles. The predicted octanol–water partition coefficient (Wildman–Crippen LogP) is 1.92. The summed E-state index contributed by atoms with van der Waals surface area (Å²) in [4.78, 5) is 12.4. The number of nitrogens with zero attached hydrogens (tertiary/aromatic N) is 2. The molecule has 1 saturated heterocycles. The molecule has 2 heterocycles. The van der Waals surface area contributed by atoms with Gasteiger partial charge in [-0.05, 0) is 18.4 Å². The second-order valence-corrected chi connectivity index (χ2v) is 5.22. The Bertz CT molecular complexity index is 430. The zero-order valence-electron chi connectivity index (χ0n) is 10.7. The molecular formula is C12H19N3O3. The lowest BCUT2D eigenvalue weighted by Crippen LogP contribution is -2.33. The van der Waals surface area contributed by atoms with Gasteiger partial charge in [0.15, 0.2) is 0 Å². The molecule has 6 heteroatoms. The van der Waals surface area contributed by atoms with Crippen LogP contribution in [0.2, 0.25) is 0 Å². The third-order valence-corrected chi connectivity index (χ3v) is 3.23. The topological polar surface area (TPSA) is 85.5 Å². The Labute approximate surface area is 106 Å². The van der Waals surface area contributed by atoms with E-state index in [4.69, 9.17) is 10.2 Å². The molecule has 2 atom stereocenters. The van der Waals surface area contributed by atoms with Crippen molar-refractivity contribution < 1.29 is 9.34 Å². The maximum absolute atomic E-state index is 10.6. The molecule has 0 bridgehead atoms. The SMILES string of the molecule is CC(C)CN1CCC(N)C1c1ccc([N+](=O)[O-])o1. The molecule has 100 valence electrons. The fraction of sp³-hybridized carbons (Fsp3) is 0.667. The van der Waals surface area contributed by atoms with E-state index in [9.17, 15) is 10.1 Å². The van der Waals surface area contributed by atoms with Crippen LogP contribution in [0.25, 0.3) is 0 Å². The van der Waals surface area contributed by atoms with Crippen molar-refractivity contribution >= 4 is 5.88 Å². The van der Waals surface area contributed by atoms with Crippen LogP contribution in [-0.4, -0.2) is 29.0 Å². The minimum absolute atomic E-state index is 0.0190. The Hall–Kier alpha value is -1.40. The number of rotatable bonds is 4. The molecule has 1 fully saturated rings. The van der Waals surface area contributed by atoms with Crippen LogP contribution in [0, 0.1) is 16.0 Å². The fourth-order valence-electron chi connectivity index (χ4n) is 2.55.